The lowest BCUT2D eigenvalue weighted by molar-refractivity contribution is -0.131. The van der Waals surface area contributed by atoms with Crippen molar-refractivity contribution in [2.45, 2.75) is 64.9 Å². The Bertz CT molecular complexity index is 864. The molecule has 1 atom stereocenters. The van der Waals surface area contributed by atoms with Gasteiger partial charge in [-0.05, 0) is 69.2 Å². The van der Waals surface area contributed by atoms with E-state index in [2.05, 4.69) is 35.0 Å². The van der Waals surface area contributed by atoms with Crippen LogP contribution in [0.15, 0.2) is 41.2 Å². The van der Waals surface area contributed by atoms with Gasteiger partial charge in [0.25, 0.3) is 0 Å². The molecule has 1 aromatic rings. The number of anilines is 2. The monoisotopic (exact) mass is 440 g/mol. The SMILES string of the molecule is CCC(C)C(=O)N(C)C1=C(C)CCC(CC2(O)CCN(c3ccc(N(C)C)cn3)CC2)=C1. The van der Waals surface area contributed by atoms with E-state index in [0.717, 1.165) is 62.4 Å². The Morgan fingerprint density at radius 2 is 1.91 bits per heavy atom. The van der Waals surface area contributed by atoms with Crippen molar-refractivity contribution in [1.82, 2.24) is 9.88 Å². The highest BCUT2D eigenvalue weighted by Crippen LogP contribution is 2.36. The predicted molar refractivity (Wildman–Crippen MR) is 132 cm³/mol. The maximum Gasteiger partial charge on any atom is 0.229 e. The molecule has 176 valence electrons. The molecule has 1 saturated heterocycles. The molecule has 0 saturated carbocycles. The molecule has 1 amide bonds. The number of nitrogens with zero attached hydrogens (tertiary/aromatic N) is 4. The van der Waals surface area contributed by atoms with Gasteiger partial charge in [-0.15, -0.1) is 0 Å². The summed E-state index contributed by atoms with van der Waals surface area (Å²) in [5, 5.41) is 11.3. The Hall–Kier alpha value is -2.34. The molecular weight excluding hydrogens is 400 g/mol. The fourth-order valence-corrected chi connectivity index (χ4v) is 4.59. The van der Waals surface area contributed by atoms with E-state index in [4.69, 9.17) is 0 Å². The molecule has 2 aliphatic rings. The fourth-order valence-electron chi connectivity index (χ4n) is 4.59. The average molecular weight is 441 g/mol. The van der Waals surface area contributed by atoms with Gasteiger partial charge in [0.15, 0.2) is 0 Å². The van der Waals surface area contributed by atoms with E-state index < -0.39 is 5.60 Å². The first-order valence-corrected chi connectivity index (χ1v) is 11.9. The number of amides is 1. The number of pyridine rings is 1. The summed E-state index contributed by atoms with van der Waals surface area (Å²) in [6.45, 7) is 7.75. The Balaban J connectivity index is 1.64. The lowest BCUT2D eigenvalue weighted by Crippen LogP contribution is -2.45. The van der Waals surface area contributed by atoms with E-state index in [1.54, 1.807) is 0 Å². The molecule has 1 aromatic heterocycles. The summed E-state index contributed by atoms with van der Waals surface area (Å²) in [7, 11) is 5.91. The Kier molecular flexibility index (Phi) is 7.65. The zero-order valence-electron chi connectivity index (χ0n) is 20.7. The fraction of sp³-hybridized carbons (Fsp3) is 0.615. The minimum Gasteiger partial charge on any atom is -0.389 e. The molecule has 6 heteroatoms. The van der Waals surface area contributed by atoms with Gasteiger partial charge in [-0.3, -0.25) is 4.79 Å². The summed E-state index contributed by atoms with van der Waals surface area (Å²) in [6, 6.07) is 4.15. The van der Waals surface area contributed by atoms with E-state index >= 15 is 0 Å². The third-order valence-electron chi connectivity index (χ3n) is 7.15. The lowest BCUT2D eigenvalue weighted by Gasteiger charge is -2.40. The number of rotatable bonds is 7. The normalized spacial score (nSPS) is 19.5. The number of piperidine rings is 1. The van der Waals surface area contributed by atoms with E-state index in [1.165, 1.54) is 11.1 Å². The van der Waals surface area contributed by atoms with Crippen LogP contribution in [-0.4, -0.2) is 60.7 Å². The topological polar surface area (TPSA) is 59.9 Å². The first kappa shape index (κ1) is 24.3. The van der Waals surface area contributed by atoms with Gasteiger partial charge in [0.05, 0.1) is 17.5 Å². The molecule has 2 heterocycles. The molecule has 32 heavy (non-hydrogen) atoms. The molecular formula is C26H40N4O2. The van der Waals surface area contributed by atoms with Gasteiger partial charge in [0, 0.05) is 45.8 Å². The number of carbonyl (C=O) groups is 1. The van der Waals surface area contributed by atoms with Crippen molar-refractivity contribution in [1.29, 1.82) is 0 Å². The van der Waals surface area contributed by atoms with Gasteiger partial charge in [0.2, 0.25) is 5.91 Å². The second-order valence-electron chi connectivity index (χ2n) is 9.83. The van der Waals surface area contributed by atoms with Crippen LogP contribution in [-0.2, 0) is 4.79 Å². The van der Waals surface area contributed by atoms with Crippen LogP contribution in [0, 0.1) is 5.92 Å². The van der Waals surface area contributed by atoms with Crippen LogP contribution in [0.1, 0.15) is 59.3 Å². The minimum atomic E-state index is -0.693. The Labute approximate surface area is 193 Å². The zero-order valence-corrected chi connectivity index (χ0v) is 20.7. The summed E-state index contributed by atoms with van der Waals surface area (Å²) >= 11 is 0. The Morgan fingerprint density at radius 3 is 2.47 bits per heavy atom. The average Bonchev–Trinajstić information content (AvgIpc) is 2.79. The first-order chi connectivity index (χ1) is 15.1. The molecule has 3 rings (SSSR count). The lowest BCUT2D eigenvalue weighted by atomic mass is 9.81. The number of aliphatic hydroxyl groups is 1. The zero-order chi connectivity index (χ0) is 23.5. The third kappa shape index (κ3) is 5.52. The molecule has 0 bridgehead atoms. The van der Waals surface area contributed by atoms with Crippen molar-refractivity contribution < 1.29 is 9.90 Å². The van der Waals surface area contributed by atoms with E-state index in [1.807, 2.05) is 51.0 Å². The summed E-state index contributed by atoms with van der Waals surface area (Å²) in [5.74, 6) is 1.16. The van der Waals surface area contributed by atoms with Crippen LogP contribution in [0.5, 0.6) is 0 Å². The highest BCUT2D eigenvalue weighted by atomic mass is 16.3. The third-order valence-corrected chi connectivity index (χ3v) is 7.15. The van der Waals surface area contributed by atoms with Gasteiger partial charge < -0.3 is 19.8 Å². The molecule has 0 spiro atoms. The van der Waals surface area contributed by atoms with Crippen molar-refractivity contribution in [2.24, 2.45) is 5.92 Å². The van der Waals surface area contributed by atoms with Crippen molar-refractivity contribution >= 4 is 17.4 Å². The summed E-state index contributed by atoms with van der Waals surface area (Å²) < 4.78 is 0. The van der Waals surface area contributed by atoms with Gasteiger partial charge in [-0.1, -0.05) is 19.4 Å². The number of likely N-dealkylation sites (N-methyl/N-ethyl adjacent to an activating group) is 1. The number of hydrogen-bond acceptors (Lipinski definition) is 5. The van der Waals surface area contributed by atoms with Crippen LogP contribution < -0.4 is 9.80 Å². The maximum atomic E-state index is 12.7. The Morgan fingerprint density at radius 1 is 1.22 bits per heavy atom. The minimum absolute atomic E-state index is 0.0213. The van der Waals surface area contributed by atoms with Crippen LogP contribution in [0.3, 0.4) is 0 Å². The summed E-state index contributed by atoms with van der Waals surface area (Å²) in [5.41, 5.74) is 3.91. The van der Waals surface area contributed by atoms with E-state index in [9.17, 15) is 9.90 Å². The van der Waals surface area contributed by atoms with Gasteiger partial charge >= 0.3 is 0 Å². The maximum absolute atomic E-state index is 12.7. The quantitative estimate of drug-likeness (QED) is 0.682. The van der Waals surface area contributed by atoms with Crippen molar-refractivity contribution in [3.05, 3.63) is 41.2 Å². The number of carbonyl (C=O) groups excluding carboxylic acids is 1. The number of hydrogen-bond donors (Lipinski definition) is 1. The van der Waals surface area contributed by atoms with Gasteiger partial charge in [0.1, 0.15) is 5.82 Å². The molecule has 0 radical (unpaired) electrons. The van der Waals surface area contributed by atoms with Crippen molar-refractivity contribution in [2.75, 3.05) is 44.0 Å². The van der Waals surface area contributed by atoms with Gasteiger partial charge in [-0.25, -0.2) is 4.98 Å². The number of aromatic nitrogens is 1. The van der Waals surface area contributed by atoms with E-state index in [-0.39, 0.29) is 11.8 Å². The molecule has 1 aliphatic heterocycles. The van der Waals surface area contributed by atoms with Gasteiger partial charge in [-0.2, -0.15) is 0 Å². The first-order valence-electron chi connectivity index (χ1n) is 11.9. The van der Waals surface area contributed by atoms with Crippen LogP contribution in [0.25, 0.3) is 0 Å². The smallest absolute Gasteiger partial charge is 0.229 e. The van der Waals surface area contributed by atoms with Crippen molar-refractivity contribution in [3.63, 3.8) is 0 Å². The second-order valence-corrected chi connectivity index (χ2v) is 9.83. The predicted octanol–water partition coefficient (Wildman–Crippen LogP) is 4.37. The van der Waals surface area contributed by atoms with E-state index in [0.29, 0.717) is 6.42 Å². The van der Waals surface area contributed by atoms with Crippen LogP contribution in [0.4, 0.5) is 11.5 Å². The second kappa shape index (κ2) is 10.1. The highest BCUT2D eigenvalue weighted by Gasteiger charge is 2.34. The number of allylic oxidation sites excluding steroid dienone is 2. The molecule has 0 aromatic carbocycles. The summed E-state index contributed by atoms with van der Waals surface area (Å²) in [6.07, 6.45) is 8.93. The van der Waals surface area contributed by atoms with Crippen LogP contribution >= 0.6 is 0 Å². The molecule has 1 fully saturated rings. The highest BCUT2D eigenvalue weighted by molar-refractivity contribution is 5.80. The summed E-state index contributed by atoms with van der Waals surface area (Å²) in [4.78, 5) is 23.4. The largest absolute Gasteiger partial charge is 0.389 e. The van der Waals surface area contributed by atoms with Crippen LogP contribution in [0.2, 0.25) is 0 Å². The molecule has 1 N–H and O–H groups in total. The standard InChI is InChI=1S/C26H40N4O2/c1-7-19(2)25(31)29(6)23-16-21(9-8-20(23)3)17-26(32)12-14-30(15-13-26)24-11-10-22(18-27-24)28(4)5/h10-11,16,18-19,32H,7-9,12-15,17H2,1-6H3. The molecule has 6 nitrogen and oxygen atoms in total. The molecule has 1 unspecified atom stereocenters. The van der Waals surface area contributed by atoms with Crippen molar-refractivity contribution in [3.8, 4) is 0 Å². The molecule has 1 aliphatic carbocycles.